The fraction of sp³-hybridized carbons (Fsp3) is 0.400. The Morgan fingerprint density at radius 1 is 1.33 bits per heavy atom. The summed E-state index contributed by atoms with van der Waals surface area (Å²) < 4.78 is 5.32. The van der Waals surface area contributed by atoms with Crippen molar-refractivity contribution in [2.75, 3.05) is 19.7 Å². The molecule has 0 saturated carbocycles. The molecule has 1 unspecified atom stereocenters. The number of para-hydroxylation sites is 1. The van der Waals surface area contributed by atoms with Crippen LogP contribution in [-0.4, -0.2) is 47.5 Å². The Hall–Kier alpha value is -2.96. The predicted octanol–water partition coefficient (Wildman–Crippen LogP) is 2.07. The smallest absolute Gasteiger partial charge is 0.339 e. The fourth-order valence-corrected chi connectivity index (χ4v) is 3.78. The van der Waals surface area contributed by atoms with Gasteiger partial charge >= 0.3 is 12.0 Å². The Bertz CT molecular complexity index is 940. The number of carbonyl (C=O) groups is 3. The van der Waals surface area contributed by atoms with E-state index in [9.17, 15) is 14.4 Å². The average Bonchev–Trinajstić information content (AvgIpc) is 3.10. The lowest BCUT2D eigenvalue weighted by molar-refractivity contribution is -0.130. The van der Waals surface area contributed by atoms with Crippen LogP contribution in [0.3, 0.4) is 0 Å². The molecule has 0 bridgehead atoms. The number of rotatable bonds is 3. The Morgan fingerprint density at radius 2 is 2.15 bits per heavy atom. The lowest BCUT2D eigenvalue weighted by atomic mass is 9.84. The molecule has 7 heteroatoms. The first-order valence-corrected chi connectivity index (χ1v) is 9.20. The van der Waals surface area contributed by atoms with Crippen molar-refractivity contribution in [3.05, 3.63) is 41.1 Å². The zero-order valence-corrected chi connectivity index (χ0v) is 15.2. The number of benzene rings is 1. The quantitative estimate of drug-likeness (QED) is 0.839. The van der Waals surface area contributed by atoms with Crippen molar-refractivity contribution in [3.8, 4) is 0 Å². The molecule has 1 aromatic carbocycles. The first-order valence-electron chi connectivity index (χ1n) is 9.20. The van der Waals surface area contributed by atoms with E-state index >= 15 is 0 Å². The molecule has 2 heterocycles. The summed E-state index contributed by atoms with van der Waals surface area (Å²) >= 11 is 0. The van der Waals surface area contributed by atoms with Crippen LogP contribution >= 0.6 is 0 Å². The lowest BCUT2D eigenvalue weighted by Crippen LogP contribution is -2.37. The molecular formula is C20H21N3O4. The molecule has 1 atom stereocenters. The number of aryl methyl sites for hydroxylation is 1. The third-order valence-corrected chi connectivity index (χ3v) is 5.19. The van der Waals surface area contributed by atoms with E-state index in [2.05, 4.69) is 12.2 Å². The number of urea groups is 1. The molecule has 1 aromatic heterocycles. The van der Waals surface area contributed by atoms with E-state index in [0.717, 1.165) is 46.3 Å². The van der Waals surface area contributed by atoms with E-state index in [0.29, 0.717) is 24.6 Å². The molecule has 1 aliphatic heterocycles. The molecule has 1 N–H and O–H groups in total. The van der Waals surface area contributed by atoms with Crippen LogP contribution in [0.25, 0.3) is 10.9 Å². The molecule has 1 fully saturated rings. The Kier molecular flexibility index (Phi) is 4.51. The minimum atomic E-state index is -0.535. The number of carbonyl (C=O) groups excluding carboxylic acids is 3. The third kappa shape index (κ3) is 3.25. The van der Waals surface area contributed by atoms with Gasteiger partial charge in [0.15, 0.2) is 6.61 Å². The minimum absolute atomic E-state index is 0.292. The number of hydrogen-bond donors (Lipinski definition) is 1. The summed E-state index contributed by atoms with van der Waals surface area (Å²) in [5.41, 5.74) is 3.11. The monoisotopic (exact) mass is 367 g/mol. The largest absolute Gasteiger partial charge is 0.452 e. The SMILES string of the molecule is CC1CCc2nc3ccccc3c(C(=O)OCC(=O)N3CCNC3=O)c2C1. The number of imide groups is 1. The molecule has 27 heavy (non-hydrogen) atoms. The lowest BCUT2D eigenvalue weighted by Gasteiger charge is -2.24. The van der Waals surface area contributed by atoms with Gasteiger partial charge < -0.3 is 10.1 Å². The fourth-order valence-electron chi connectivity index (χ4n) is 3.78. The highest BCUT2D eigenvalue weighted by molar-refractivity contribution is 6.06. The van der Waals surface area contributed by atoms with E-state index in [-0.39, 0.29) is 0 Å². The Balaban J connectivity index is 1.63. The summed E-state index contributed by atoms with van der Waals surface area (Å²) in [5, 5.41) is 3.29. The minimum Gasteiger partial charge on any atom is -0.452 e. The van der Waals surface area contributed by atoms with Gasteiger partial charge in [0.2, 0.25) is 0 Å². The van der Waals surface area contributed by atoms with E-state index in [1.165, 1.54) is 0 Å². The van der Waals surface area contributed by atoms with Crippen LogP contribution in [0.15, 0.2) is 24.3 Å². The zero-order valence-electron chi connectivity index (χ0n) is 15.2. The van der Waals surface area contributed by atoms with Gasteiger partial charge in [-0.15, -0.1) is 0 Å². The number of fused-ring (bicyclic) bond motifs is 2. The maximum atomic E-state index is 12.9. The van der Waals surface area contributed by atoms with Crippen molar-refractivity contribution in [2.45, 2.75) is 26.2 Å². The van der Waals surface area contributed by atoms with Crippen molar-refractivity contribution in [2.24, 2.45) is 5.92 Å². The van der Waals surface area contributed by atoms with E-state index in [1.54, 1.807) is 0 Å². The Labute approximate surface area is 156 Å². The molecule has 0 spiro atoms. The third-order valence-electron chi connectivity index (χ3n) is 5.19. The van der Waals surface area contributed by atoms with Gasteiger partial charge in [-0.1, -0.05) is 25.1 Å². The maximum Gasteiger partial charge on any atom is 0.339 e. The molecule has 2 aliphatic rings. The van der Waals surface area contributed by atoms with Crippen LogP contribution in [0.5, 0.6) is 0 Å². The van der Waals surface area contributed by atoms with Gasteiger partial charge in [0, 0.05) is 24.2 Å². The topological polar surface area (TPSA) is 88.6 Å². The molecule has 3 amide bonds. The number of nitrogens with zero attached hydrogens (tertiary/aromatic N) is 2. The van der Waals surface area contributed by atoms with Crippen LogP contribution in [0.1, 0.15) is 35.0 Å². The number of esters is 1. The number of aromatic nitrogens is 1. The van der Waals surface area contributed by atoms with Crippen molar-refractivity contribution in [1.82, 2.24) is 15.2 Å². The standard InChI is InChI=1S/C20H21N3O4/c1-12-6-7-16-14(10-12)18(13-4-2-3-5-15(13)22-16)19(25)27-11-17(24)23-9-8-21-20(23)26/h2-5,12H,6-11H2,1H3,(H,21,26). The summed E-state index contributed by atoms with van der Waals surface area (Å²) in [6, 6.07) is 7.03. The van der Waals surface area contributed by atoms with E-state index in [4.69, 9.17) is 9.72 Å². The van der Waals surface area contributed by atoms with Gasteiger partial charge in [0.1, 0.15) is 0 Å². The molecule has 1 aliphatic carbocycles. The van der Waals surface area contributed by atoms with Crippen LogP contribution in [0, 0.1) is 5.92 Å². The molecule has 2 aromatic rings. The highest BCUT2D eigenvalue weighted by atomic mass is 16.5. The van der Waals surface area contributed by atoms with Crippen molar-refractivity contribution < 1.29 is 19.1 Å². The van der Waals surface area contributed by atoms with E-state index in [1.807, 2.05) is 24.3 Å². The number of nitrogens with one attached hydrogen (secondary N) is 1. The summed E-state index contributed by atoms with van der Waals surface area (Å²) in [4.78, 5) is 42.5. The van der Waals surface area contributed by atoms with Crippen LogP contribution in [0.2, 0.25) is 0 Å². The number of ether oxygens (including phenoxy) is 1. The summed E-state index contributed by atoms with van der Waals surface area (Å²) in [6.45, 7) is 2.41. The highest BCUT2D eigenvalue weighted by Crippen LogP contribution is 2.32. The van der Waals surface area contributed by atoms with Gasteiger partial charge in [-0.05, 0) is 36.8 Å². The average molecular weight is 367 g/mol. The van der Waals surface area contributed by atoms with Gasteiger partial charge in [-0.3, -0.25) is 14.7 Å². The van der Waals surface area contributed by atoms with Crippen LogP contribution < -0.4 is 5.32 Å². The molecule has 4 rings (SSSR count). The summed E-state index contributed by atoms with van der Waals surface area (Å²) in [6.07, 6.45) is 2.63. The molecular weight excluding hydrogens is 346 g/mol. The van der Waals surface area contributed by atoms with Crippen molar-refractivity contribution in [1.29, 1.82) is 0 Å². The Morgan fingerprint density at radius 3 is 2.93 bits per heavy atom. The van der Waals surface area contributed by atoms with Gasteiger partial charge in [0.05, 0.1) is 11.1 Å². The number of hydrogen-bond acceptors (Lipinski definition) is 5. The van der Waals surface area contributed by atoms with Gasteiger partial charge in [-0.2, -0.15) is 0 Å². The molecule has 1 saturated heterocycles. The van der Waals surface area contributed by atoms with Crippen LogP contribution in [-0.2, 0) is 22.4 Å². The van der Waals surface area contributed by atoms with Crippen molar-refractivity contribution in [3.63, 3.8) is 0 Å². The first kappa shape index (κ1) is 17.5. The second-order valence-corrected chi connectivity index (χ2v) is 7.13. The summed E-state index contributed by atoms with van der Waals surface area (Å²) in [7, 11) is 0. The second-order valence-electron chi connectivity index (χ2n) is 7.13. The predicted molar refractivity (Wildman–Crippen MR) is 98.3 cm³/mol. The zero-order chi connectivity index (χ0) is 19.0. The first-order chi connectivity index (χ1) is 13.0. The van der Waals surface area contributed by atoms with Gasteiger partial charge in [-0.25, -0.2) is 9.59 Å². The van der Waals surface area contributed by atoms with Gasteiger partial charge in [0.25, 0.3) is 5.91 Å². The number of amides is 3. The molecule has 140 valence electrons. The second kappa shape index (κ2) is 6.98. The maximum absolute atomic E-state index is 12.9. The highest BCUT2D eigenvalue weighted by Gasteiger charge is 2.29. The van der Waals surface area contributed by atoms with Crippen molar-refractivity contribution >= 4 is 28.8 Å². The normalized spacial score (nSPS) is 18.9. The summed E-state index contributed by atoms with van der Waals surface area (Å²) in [5.74, 6) is -0.590. The van der Waals surface area contributed by atoms with Crippen LogP contribution in [0.4, 0.5) is 4.79 Å². The van der Waals surface area contributed by atoms with E-state index < -0.39 is 24.5 Å². The molecule has 0 radical (unpaired) electrons. The number of pyridine rings is 1. The molecule has 7 nitrogen and oxygen atoms in total.